The van der Waals surface area contributed by atoms with E-state index >= 15 is 0 Å². The van der Waals surface area contributed by atoms with Gasteiger partial charge in [0, 0.05) is 6.54 Å². The van der Waals surface area contributed by atoms with Crippen LogP contribution in [-0.2, 0) is 4.79 Å². The van der Waals surface area contributed by atoms with E-state index in [1.54, 1.807) is 18.2 Å². The van der Waals surface area contributed by atoms with E-state index in [0.717, 1.165) is 0 Å². The topological polar surface area (TPSA) is 67.2 Å². The van der Waals surface area contributed by atoms with Crippen LogP contribution in [0.15, 0.2) is 18.2 Å². The summed E-state index contributed by atoms with van der Waals surface area (Å²) in [5, 5.41) is 6.26. The summed E-state index contributed by atoms with van der Waals surface area (Å²) >= 11 is 5.97. The van der Waals surface area contributed by atoms with Gasteiger partial charge in [0.15, 0.2) is 0 Å². The Morgan fingerprint density at radius 3 is 2.76 bits per heavy atom. The number of nitrogen functional groups attached to an aromatic ring is 1. The van der Waals surface area contributed by atoms with Crippen LogP contribution < -0.4 is 16.4 Å². The molecule has 0 aromatic heterocycles. The van der Waals surface area contributed by atoms with Crippen LogP contribution >= 0.6 is 11.6 Å². The maximum atomic E-state index is 11.5. The molecule has 1 aromatic carbocycles. The van der Waals surface area contributed by atoms with Crippen LogP contribution in [-0.4, -0.2) is 19.0 Å². The Morgan fingerprint density at radius 2 is 2.18 bits per heavy atom. The fourth-order valence-electron chi connectivity index (χ4n) is 1.28. The fraction of sp³-hybridized carbons (Fsp3) is 0.417. The largest absolute Gasteiger partial charge is 0.397 e. The van der Waals surface area contributed by atoms with Crippen molar-refractivity contribution in [2.75, 3.05) is 24.1 Å². The molecule has 0 saturated carbocycles. The average Bonchev–Trinajstić information content (AvgIpc) is 2.25. The van der Waals surface area contributed by atoms with Gasteiger partial charge in [0.1, 0.15) is 0 Å². The van der Waals surface area contributed by atoms with E-state index in [9.17, 15) is 4.79 Å². The highest BCUT2D eigenvalue weighted by Gasteiger charge is 2.06. The molecule has 17 heavy (non-hydrogen) atoms. The van der Waals surface area contributed by atoms with Crippen LogP contribution in [0.4, 0.5) is 11.4 Å². The molecule has 0 atom stereocenters. The van der Waals surface area contributed by atoms with Gasteiger partial charge in [0.25, 0.3) is 0 Å². The van der Waals surface area contributed by atoms with Crippen molar-refractivity contribution < 1.29 is 4.79 Å². The monoisotopic (exact) mass is 255 g/mol. The first-order valence-corrected chi connectivity index (χ1v) is 5.93. The molecule has 94 valence electrons. The predicted octanol–water partition coefficient (Wildman–Crippen LogP) is 2.11. The molecule has 0 saturated heterocycles. The molecule has 1 amide bonds. The molecule has 4 nitrogen and oxygen atoms in total. The lowest BCUT2D eigenvalue weighted by atomic mass is 10.2. The molecule has 0 radical (unpaired) electrons. The van der Waals surface area contributed by atoms with E-state index in [-0.39, 0.29) is 12.5 Å². The number of carbonyl (C=O) groups is 1. The van der Waals surface area contributed by atoms with E-state index < -0.39 is 0 Å². The zero-order valence-electron chi connectivity index (χ0n) is 10.1. The molecule has 0 aliphatic heterocycles. The molecule has 0 aliphatic rings. The zero-order valence-corrected chi connectivity index (χ0v) is 10.8. The van der Waals surface area contributed by atoms with Crippen molar-refractivity contribution in [1.29, 1.82) is 0 Å². The van der Waals surface area contributed by atoms with Crippen LogP contribution in [0.5, 0.6) is 0 Å². The number of nitrogens with two attached hydrogens (primary N) is 1. The molecular formula is C12H18ClN3O. The summed E-state index contributed by atoms with van der Waals surface area (Å²) in [6.07, 6.45) is 0. The number of benzene rings is 1. The Kier molecular flexibility index (Phi) is 5.10. The first kappa shape index (κ1) is 13.6. The van der Waals surface area contributed by atoms with Crippen LogP contribution in [0.3, 0.4) is 0 Å². The summed E-state index contributed by atoms with van der Waals surface area (Å²) in [4.78, 5) is 11.5. The highest BCUT2D eigenvalue weighted by Crippen LogP contribution is 2.27. The van der Waals surface area contributed by atoms with Gasteiger partial charge in [-0.2, -0.15) is 0 Å². The number of carbonyl (C=O) groups excluding carboxylic acids is 1. The van der Waals surface area contributed by atoms with Crippen molar-refractivity contribution in [2.24, 2.45) is 5.92 Å². The molecule has 0 bridgehead atoms. The summed E-state index contributed by atoms with van der Waals surface area (Å²) < 4.78 is 0. The molecule has 0 aliphatic carbocycles. The quantitative estimate of drug-likeness (QED) is 0.706. The number of para-hydroxylation sites is 1. The van der Waals surface area contributed by atoms with Gasteiger partial charge in [0.05, 0.1) is 22.9 Å². The summed E-state index contributed by atoms with van der Waals surface area (Å²) in [7, 11) is 0. The second-order valence-electron chi connectivity index (χ2n) is 4.26. The van der Waals surface area contributed by atoms with Crippen molar-refractivity contribution in [3.63, 3.8) is 0 Å². The second-order valence-corrected chi connectivity index (χ2v) is 4.66. The smallest absolute Gasteiger partial charge is 0.239 e. The lowest BCUT2D eigenvalue weighted by molar-refractivity contribution is -0.119. The molecule has 0 unspecified atom stereocenters. The Morgan fingerprint density at radius 1 is 1.47 bits per heavy atom. The summed E-state index contributed by atoms with van der Waals surface area (Å²) in [5.74, 6) is 0.363. The van der Waals surface area contributed by atoms with Crippen molar-refractivity contribution >= 4 is 28.9 Å². The lowest BCUT2D eigenvalue weighted by Crippen LogP contribution is -2.32. The predicted molar refractivity (Wildman–Crippen MR) is 72.2 cm³/mol. The first-order valence-electron chi connectivity index (χ1n) is 5.55. The van der Waals surface area contributed by atoms with Crippen molar-refractivity contribution in [2.45, 2.75) is 13.8 Å². The first-order chi connectivity index (χ1) is 8.00. The molecule has 5 heteroatoms. The Labute approximate surface area is 107 Å². The van der Waals surface area contributed by atoms with Gasteiger partial charge in [-0.25, -0.2) is 0 Å². The SMILES string of the molecule is CC(C)CNC(=O)CNc1c(N)cccc1Cl. The highest BCUT2D eigenvalue weighted by molar-refractivity contribution is 6.33. The van der Waals surface area contributed by atoms with Gasteiger partial charge in [-0.05, 0) is 18.1 Å². The Bertz CT molecular complexity index is 373. The van der Waals surface area contributed by atoms with E-state index in [2.05, 4.69) is 10.6 Å². The lowest BCUT2D eigenvalue weighted by Gasteiger charge is -2.12. The van der Waals surface area contributed by atoms with E-state index in [1.807, 2.05) is 13.8 Å². The molecule has 1 aromatic rings. The fourth-order valence-corrected chi connectivity index (χ4v) is 1.53. The number of anilines is 2. The summed E-state index contributed by atoms with van der Waals surface area (Å²) in [5.41, 5.74) is 6.89. The standard InChI is InChI=1S/C12H18ClN3O/c1-8(2)6-15-11(17)7-16-12-9(13)4-3-5-10(12)14/h3-5,8,16H,6-7,14H2,1-2H3,(H,15,17). The third-order valence-corrected chi connectivity index (χ3v) is 2.49. The van der Waals surface area contributed by atoms with Gasteiger partial charge in [0.2, 0.25) is 5.91 Å². The number of nitrogens with one attached hydrogen (secondary N) is 2. The van der Waals surface area contributed by atoms with Gasteiger partial charge < -0.3 is 16.4 Å². The molecule has 0 spiro atoms. The number of amides is 1. The van der Waals surface area contributed by atoms with Gasteiger partial charge >= 0.3 is 0 Å². The van der Waals surface area contributed by atoms with E-state index in [4.69, 9.17) is 17.3 Å². The van der Waals surface area contributed by atoms with Crippen LogP contribution in [0, 0.1) is 5.92 Å². The number of hydrogen-bond acceptors (Lipinski definition) is 3. The van der Waals surface area contributed by atoms with Gasteiger partial charge in [-0.15, -0.1) is 0 Å². The van der Waals surface area contributed by atoms with Crippen LogP contribution in [0.1, 0.15) is 13.8 Å². The second kappa shape index (κ2) is 6.35. The van der Waals surface area contributed by atoms with Crippen molar-refractivity contribution in [3.8, 4) is 0 Å². The molecule has 0 fully saturated rings. The maximum Gasteiger partial charge on any atom is 0.239 e. The van der Waals surface area contributed by atoms with Gasteiger partial charge in [-0.1, -0.05) is 31.5 Å². The van der Waals surface area contributed by atoms with Crippen LogP contribution in [0.25, 0.3) is 0 Å². The third kappa shape index (κ3) is 4.53. The maximum absolute atomic E-state index is 11.5. The van der Waals surface area contributed by atoms with Crippen molar-refractivity contribution in [1.82, 2.24) is 5.32 Å². The number of rotatable bonds is 5. The average molecular weight is 256 g/mol. The van der Waals surface area contributed by atoms with Crippen LogP contribution in [0.2, 0.25) is 5.02 Å². The molecule has 4 N–H and O–H groups in total. The number of hydrogen-bond donors (Lipinski definition) is 3. The molecule has 1 rings (SSSR count). The highest BCUT2D eigenvalue weighted by atomic mass is 35.5. The minimum atomic E-state index is -0.0713. The number of halogens is 1. The van der Waals surface area contributed by atoms with E-state index in [1.165, 1.54) is 0 Å². The Hall–Kier alpha value is -1.42. The molecular weight excluding hydrogens is 238 g/mol. The minimum absolute atomic E-state index is 0.0713. The normalized spacial score (nSPS) is 10.4. The van der Waals surface area contributed by atoms with Crippen molar-refractivity contribution in [3.05, 3.63) is 23.2 Å². The zero-order chi connectivity index (χ0) is 12.8. The minimum Gasteiger partial charge on any atom is -0.397 e. The van der Waals surface area contributed by atoms with E-state index in [0.29, 0.717) is 28.9 Å². The molecule has 0 heterocycles. The summed E-state index contributed by atoms with van der Waals surface area (Å²) in [6, 6.07) is 5.23. The Balaban J connectivity index is 2.47. The third-order valence-electron chi connectivity index (χ3n) is 2.18. The summed E-state index contributed by atoms with van der Waals surface area (Å²) in [6.45, 7) is 4.92. The van der Waals surface area contributed by atoms with Gasteiger partial charge in [-0.3, -0.25) is 4.79 Å².